The van der Waals surface area contributed by atoms with Gasteiger partial charge < -0.3 is 10.6 Å². The topological polar surface area (TPSA) is 54.0 Å². The number of carbonyl (C=O) groups excluding carboxylic acids is 1. The normalized spacial score (nSPS) is 19.6. The van der Waals surface area contributed by atoms with Gasteiger partial charge in [0.05, 0.1) is 5.69 Å². The molecule has 2 rings (SSSR count). The average molecular weight is 286 g/mol. The van der Waals surface area contributed by atoms with E-state index in [0.717, 1.165) is 23.6 Å². The number of anilines is 1. The molecule has 1 aromatic rings. The molecular weight excluding hydrogens is 270 g/mol. The molecule has 6 heteroatoms. The fourth-order valence-electron chi connectivity index (χ4n) is 1.84. The van der Waals surface area contributed by atoms with Crippen LogP contribution in [0, 0.1) is 6.92 Å². The van der Waals surface area contributed by atoms with Gasteiger partial charge in [-0.2, -0.15) is 11.8 Å². The maximum atomic E-state index is 11.9. The minimum Gasteiger partial charge on any atom is -0.323 e. The lowest BCUT2D eigenvalue weighted by Crippen LogP contribution is -2.40. The van der Waals surface area contributed by atoms with Crippen molar-refractivity contribution >= 4 is 35.0 Å². The number of carbonyl (C=O) groups is 1. The van der Waals surface area contributed by atoms with E-state index in [4.69, 9.17) is 11.6 Å². The number of hydrogen-bond acceptors (Lipinski definition) is 4. The Kier molecular flexibility index (Phi) is 4.86. The number of hydrogen-bond donors (Lipinski definition) is 2. The molecule has 2 N–H and O–H groups in total. The Hall–Kier alpha value is -0.780. The molecule has 98 valence electrons. The summed E-state index contributed by atoms with van der Waals surface area (Å²) in [6.07, 6.45) is 2.10. The van der Waals surface area contributed by atoms with Gasteiger partial charge in [-0.05, 0) is 18.6 Å². The molecule has 18 heavy (non-hydrogen) atoms. The van der Waals surface area contributed by atoms with Crippen molar-refractivity contribution in [2.45, 2.75) is 19.4 Å². The smallest absolute Gasteiger partial charge is 0.226 e. The number of amides is 1. The van der Waals surface area contributed by atoms with E-state index < -0.39 is 0 Å². The van der Waals surface area contributed by atoms with E-state index in [9.17, 15) is 4.79 Å². The molecule has 1 atom stereocenters. The van der Waals surface area contributed by atoms with Crippen molar-refractivity contribution in [1.29, 1.82) is 0 Å². The SMILES string of the molecule is Cc1ccnc(Cl)c1NC(=O)CC1CSCCN1. The van der Waals surface area contributed by atoms with E-state index in [2.05, 4.69) is 15.6 Å². The number of aromatic nitrogens is 1. The van der Waals surface area contributed by atoms with Crippen LogP contribution in [0.5, 0.6) is 0 Å². The number of halogens is 1. The zero-order valence-electron chi connectivity index (χ0n) is 10.2. The van der Waals surface area contributed by atoms with Crippen molar-refractivity contribution in [1.82, 2.24) is 10.3 Å². The molecule has 1 aliphatic rings. The van der Waals surface area contributed by atoms with Crippen molar-refractivity contribution in [3.8, 4) is 0 Å². The molecule has 0 aliphatic carbocycles. The lowest BCUT2D eigenvalue weighted by molar-refractivity contribution is -0.116. The summed E-state index contributed by atoms with van der Waals surface area (Å²) < 4.78 is 0. The fourth-order valence-corrected chi connectivity index (χ4v) is 3.04. The summed E-state index contributed by atoms with van der Waals surface area (Å²) in [6.45, 7) is 2.87. The molecule has 4 nitrogen and oxygen atoms in total. The van der Waals surface area contributed by atoms with Crippen LogP contribution >= 0.6 is 23.4 Å². The third-order valence-corrected chi connectivity index (χ3v) is 4.23. The van der Waals surface area contributed by atoms with Crippen LogP contribution in [0.25, 0.3) is 0 Å². The first kappa shape index (κ1) is 13.6. The van der Waals surface area contributed by atoms with Crippen LogP contribution in [0.1, 0.15) is 12.0 Å². The van der Waals surface area contributed by atoms with Crippen molar-refractivity contribution in [3.05, 3.63) is 23.0 Å². The van der Waals surface area contributed by atoms with Gasteiger partial charge in [0.2, 0.25) is 5.91 Å². The van der Waals surface area contributed by atoms with E-state index in [1.54, 1.807) is 6.20 Å². The maximum Gasteiger partial charge on any atom is 0.226 e. The predicted octanol–water partition coefficient (Wildman–Crippen LogP) is 2.08. The highest BCUT2D eigenvalue weighted by atomic mass is 35.5. The summed E-state index contributed by atoms with van der Waals surface area (Å²) in [5.41, 5.74) is 1.54. The van der Waals surface area contributed by atoms with Crippen molar-refractivity contribution in [3.63, 3.8) is 0 Å². The summed E-state index contributed by atoms with van der Waals surface area (Å²) in [6, 6.07) is 2.08. The van der Waals surface area contributed by atoms with Gasteiger partial charge in [0, 0.05) is 36.7 Å². The molecule has 1 aromatic heterocycles. The van der Waals surface area contributed by atoms with Gasteiger partial charge in [0.1, 0.15) is 0 Å². The summed E-state index contributed by atoms with van der Waals surface area (Å²) in [4.78, 5) is 15.9. The zero-order chi connectivity index (χ0) is 13.0. The Labute approximate surface area is 116 Å². The van der Waals surface area contributed by atoms with Crippen LogP contribution in [0.4, 0.5) is 5.69 Å². The number of nitrogens with one attached hydrogen (secondary N) is 2. The van der Waals surface area contributed by atoms with E-state index in [0.29, 0.717) is 17.3 Å². The second kappa shape index (κ2) is 6.41. The van der Waals surface area contributed by atoms with Gasteiger partial charge >= 0.3 is 0 Å². The Morgan fingerprint density at radius 3 is 3.22 bits per heavy atom. The first-order valence-corrected chi connectivity index (χ1v) is 7.42. The Balaban J connectivity index is 1.94. The standard InChI is InChI=1S/C12H16ClN3OS/c1-8-2-3-15-12(13)11(8)16-10(17)6-9-7-18-5-4-14-9/h2-3,9,14H,4-7H2,1H3,(H,16,17). The lowest BCUT2D eigenvalue weighted by atomic mass is 10.2. The average Bonchev–Trinajstić information content (AvgIpc) is 2.35. The van der Waals surface area contributed by atoms with Gasteiger partial charge in [-0.3, -0.25) is 4.79 Å². The minimum atomic E-state index is -0.0204. The largest absolute Gasteiger partial charge is 0.323 e. The summed E-state index contributed by atoms with van der Waals surface area (Å²) >= 11 is 7.85. The van der Waals surface area contributed by atoms with Gasteiger partial charge in [-0.25, -0.2) is 4.98 Å². The molecule has 0 spiro atoms. The second-order valence-electron chi connectivity index (χ2n) is 4.27. The van der Waals surface area contributed by atoms with E-state index in [1.807, 2.05) is 24.8 Å². The quantitative estimate of drug-likeness (QED) is 0.835. The molecule has 0 radical (unpaired) electrons. The van der Waals surface area contributed by atoms with Crippen molar-refractivity contribution in [2.75, 3.05) is 23.4 Å². The molecule has 2 heterocycles. The number of aryl methyl sites for hydroxylation is 1. The van der Waals surface area contributed by atoms with Gasteiger partial charge in [0.25, 0.3) is 0 Å². The molecule has 0 saturated carbocycles. The molecule has 0 bridgehead atoms. The van der Waals surface area contributed by atoms with Crippen LogP contribution in [-0.4, -0.2) is 35.0 Å². The zero-order valence-corrected chi connectivity index (χ0v) is 11.8. The first-order chi connectivity index (χ1) is 8.66. The first-order valence-electron chi connectivity index (χ1n) is 5.89. The van der Waals surface area contributed by atoms with Crippen LogP contribution in [0.2, 0.25) is 5.15 Å². The molecule has 1 aliphatic heterocycles. The van der Waals surface area contributed by atoms with Gasteiger partial charge in [0.15, 0.2) is 5.15 Å². The minimum absolute atomic E-state index is 0.0204. The summed E-state index contributed by atoms with van der Waals surface area (Å²) in [5.74, 6) is 2.08. The third kappa shape index (κ3) is 3.60. The highest BCUT2D eigenvalue weighted by molar-refractivity contribution is 7.99. The number of pyridine rings is 1. The molecule has 1 unspecified atom stereocenters. The number of nitrogens with zero attached hydrogens (tertiary/aromatic N) is 1. The lowest BCUT2D eigenvalue weighted by Gasteiger charge is -2.22. The monoisotopic (exact) mass is 285 g/mol. The van der Waals surface area contributed by atoms with Gasteiger partial charge in [-0.15, -0.1) is 0 Å². The Morgan fingerprint density at radius 1 is 1.72 bits per heavy atom. The third-order valence-electron chi connectivity index (χ3n) is 2.81. The highest BCUT2D eigenvalue weighted by Crippen LogP contribution is 2.23. The van der Waals surface area contributed by atoms with E-state index >= 15 is 0 Å². The second-order valence-corrected chi connectivity index (χ2v) is 5.78. The summed E-state index contributed by atoms with van der Waals surface area (Å²) in [5, 5.41) is 6.52. The van der Waals surface area contributed by atoms with Crippen LogP contribution in [-0.2, 0) is 4.79 Å². The van der Waals surface area contributed by atoms with Crippen molar-refractivity contribution < 1.29 is 4.79 Å². The molecule has 0 aromatic carbocycles. The predicted molar refractivity (Wildman–Crippen MR) is 76.3 cm³/mol. The Morgan fingerprint density at radius 2 is 2.56 bits per heavy atom. The van der Waals surface area contributed by atoms with Crippen molar-refractivity contribution in [2.24, 2.45) is 0 Å². The van der Waals surface area contributed by atoms with E-state index in [1.165, 1.54) is 0 Å². The van der Waals surface area contributed by atoms with Crippen LogP contribution in [0.15, 0.2) is 12.3 Å². The maximum absolute atomic E-state index is 11.9. The summed E-state index contributed by atoms with van der Waals surface area (Å²) in [7, 11) is 0. The van der Waals surface area contributed by atoms with E-state index in [-0.39, 0.29) is 11.9 Å². The molecule has 1 saturated heterocycles. The number of thioether (sulfide) groups is 1. The van der Waals surface area contributed by atoms with Crippen LogP contribution in [0.3, 0.4) is 0 Å². The highest BCUT2D eigenvalue weighted by Gasteiger charge is 2.17. The number of rotatable bonds is 3. The fraction of sp³-hybridized carbons (Fsp3) is 0.500. The Bertz CT molecular complexity index is 415. The van der Waals surface area contributed by atoms with Crippen LogP contribution < -0.4 is 10.6 Å². The van der Waals surface area contributed by atoms with Gasteiger partial charge in [-0.1, -0.05) is 11.6 Å². The molecule has 1 amide bonds. The molecular formula is C12H16ClN3OS. The molecule has 1 fully saturated rings.